The lowest BCUT2D eigenvalue weighted by Gasteiger charge is -2.43. The molecule has 0 aliphatic heterocycles. The molecule has 2 nitrogen and oxygen atoms in total. The lowest BCUT2D eigenvalue weighted by Crippen LogP contribution is -2.52. The Morgan fingerprint density at radius 1 is 1.10 bits per heavy atom. The Balaban J connectivity index is 2.23. The smallest absolute Gasteiger partial charge is 0.123 e. The molecule has 0 amide bonds. The first-order valence-electron chi connectivity index (χ1n) is 7.58. The molecular weight excluding hydrogens is 251 g/mol. The number of benzene rings is 1. The van der Waals surface area contributed by atoms with E-state index in [1.54, 1.807) is 0 Å². The highest BCUT2D eigenvalue weighted by molar-refractivity contribution is 5.48. The summed E-state index contributed by atoms with van der Waals surface area (Å²) in [6.07, 6.45) is 5.86. The second kappa shape index (κ2) is 5.72. The normalized spacial score (nSPS) is 26.1. The van der Waals surface area contributed by atoms with Crippen LogP contribution in [-0.2, 0) is 0 Å². The van der Waals surface area contributed by atoms with Crippen molar-refractivity contribution < 1.29 is 4.39 Å². The number of halogens is 1. The molecule has 1 fully saturated rings. The maximum atomic E-state index is 13.1. The zero-order valence-corrected chi connectivity index (χ0v) is 13.0. The van der Waals surface area contributed by atoms with Crippen LogP contribution in [0.2, 0.25) is 0 Å². The molecule has 0 aromatic heterocycles. The third kappa shape index (κ3) is 3.14. The highest BCUT2D eigenvalue weighted by atomic mass is 19.1. The summed E-state index contributed by atoms with van der Waals surface area (Å²) in [4.78, 5) is 2.27. The molecule has 0 saturated heterocycles. The molecule has 0 radical (unpaired) electrons. The van der Waals surface area contributed by atoms with Crippen molar-refractivity contribution in [2.45, 2.75) is 51.5 Å². The molecule has 112 valence electrons. The van der Waals surface area contributed by atoms with E-state index in [2.05, 4.69) is 25.8 Å². The van der Waals surface area contributed by atoms with Crippen molar-refractivity contribution in [3.8, 4) is 0 Å². The zero-order chi connectivity index (χ0) is 14.8. The number of hydrogen-bond donors (Lipinski definition) is 1. The van der Waals surface area contributed by atoms with E-state index < -0.39 is 0 Å². The highest BCUT2D eigenvalue weighted by Crippen LogP contribution is 2.41. The first-order chi connectivity index (χ1) is 9.38. The fourth-order valence-electron chi connectivity index (χ4n) is 3.33. The molecule has 1 aliphatic carbocycles. The first-order valence-corrected chi connectivity index (χ1v) is 7.58. The van der Waals surface area contributed by atoms with E-state index in [-0.39, 0.29) is 11.4 Å². The van der Waals surface area contributed by atoms with Gasteiger partial charge in [-0.3, -0.25) is 0 Å². The minimum atomic E-state index is -0.189. The van der Waals surface area contributed by atoms with Gasteiger partial charge in [0.15, 0.2) is 0 Å². The molecule has 0 heterocycles. The molecule has 3 heteroatoms. The van der Waals surface area contributed by atoms with Gasteiger partial charge in [-0.15, -0.1) is 0 Å². The Morgan fingerprint density at radius 3 is 2.35 bits per heavy atom. The van der Waals surface area contributed by atoms with Crippen molar-refractivity contribution in [3.05, 3.63) is 30.1 Å². The summed E-state index contributed by atoms with van der Waals surface area (Å²) < 4.78 is 13.1. The van der Waals surface area contributed by atoms with Crippen LogP contribution in [0, 0.1) is 11.2 Å². The number of rotatable bonds is 3. The maximum Gasteiger partial charge on any atom is 0.123 e. The SMILES string of the molecule is CN(c1ccc(F)cc1)C1(CN)CCCC(C)(C)CC1. The molecule has 1 atom stereocenters. The number of nitrogens with two attached hydrogens (primary N) is 1. The second-order valence-electron chi connectivity index (χ2n) is 6.98. The molecule has 2 N–H and O–H groups in total. The Labute approximate surface area is 122 Å². The maximum absolute atomic E-state index is 13.1. The zero-order valence-electron chi connectivity index (χ0n) is 13.0. The van der Waals surface area contributed by atoms with Crippen molar-refractivity contribution in [2.75, 3.05) is 18.5 Å². The summed E-state index contributed by atoms with van der Waals surface area (Å²) in [5.74, 6) is -0.189. The van der Waals surface area contributed by atoms with Crippen LogP contribution in [0.15, 0.2) is 24.3 Å². The van der Waals surface area contributed by atoms with Crippen LogP contribution in [-0.4, -0.2) is 19.1 Å². The molecular formula is C17H27FN2. The van der Waals surface area contributed by atoms with Crippen molar-refractivity contribution >= 4 is 5.69 Å². The fraction of sp³-hybridized carbons (Fsp3) is 0.647. The van der Waals surface area contributed by atoms with E-state index in [1.165, 1.54) is 31.4 Å². The predicted octanol–water partition coefficient (Wildman–Crippen LogP) is 3.95. The molecule has 1 aromatic rings. The van der Waals surface area contributed by atoms with Crippen LogP contribution < -0.4 is 10.6 Å². The van der Waals surface area contributed by atoms with Crippen LogP contribution in [0.25, 0.3) is 0 Å². The average molecular weight is 278 g/mol. The highest BCUT2D eigenvalue weighted by Gasteiger charge is 2.37. The third-order valence-electron chi connectivity index (χ3n) is 5.07. The van der Waals surface area contributed by atoms with Crippen LogP contribution in [0.3, 0.4) is 0 Å². The van der Waals surface area contributed by atoms with E-state index in [4.69, 9.17) is 5.73 Å². The molecule has 0 bridgehead atoms. The summed E-state index contributed by atoms with van der Waals surface area (Å²) in [6.45, 7) is 5.34. The van der Waals surface area contributed by atoms with Gasteiger partial charge in [-0.05, 0) is 55.4 Å². The monoisotopic (exact) mass is 278 g/mol. The Kier molecular flexibility index (Phi) is 4.38. The lowest BCUT2D eigenvalue weighted by molar-refractivity contribution is 0.296. The van der Waals surface area contributed by atoms with Gasteiger partial charge in [-0.25, -0.2) is 4.39 Å². The summed E-state index contributed by atoms with van der Waals surface area (Å²) in [6, 6.07) is 6.75. The van der Waals surface area contributed by atoms with Crippen molar-refractivity contribution in [2.24, 2.45) is 11.1 Å². The minimum Gasteiger partial charge on any atom is -0.368 e. The topological polar surface area (TPSA) is 29.3 Å². The van der Waals surface area contributed by atoms with Crippen molar-refractivity contribution in [1.29, 1.82) is 0 Å². The molecule has 0 spiro atoms. The quantitative estimate of drug-likeness (QED) is 0.848. The second-order valence-corrected chi connectivity index (χ2v) is 6.98. The molecule has 1 aliphatic rings. The Hall–Kier alpha value is -1.09. The van der Waals surface area contributed by atoms with Crippen LogP contribution in [0.5, 0.6) is 0 Å². The van der Waals surface area contributed by atoms with Gasteiger partial charge < -0.3 is 10.6 Å². The van der Waals surface area contributed by atoms with E-state index in [1.807, 2.05) is 12.1 Å². The standard InChI is InChI=1S/C17H27FN2/c1-16(2)9-4-10-17(13-19,12-11-16)20(3)15-7-5-14(18)6-8-15/h5-8H,4,9-13,19H2,1-3H3. The van der Waals surface area contributed by atoms with Gasteiger partial charge in [0.1, 0.15) is 5.82 Å². The predicted molar refractivity (Wildman–Crippen MR) is 83.5 cm³/mol. The molecule has 2 rings (SSSR count). The van der Waals surface area contributed by atoms with Gasteiger partial charge in [-0.2, -0.15) is 0 Å². The minimum absolute atomic E-state index is 0.00556. The number of likely N-dealkylation sites (N-methyl/N-ethyl adjacent to an activating group) is 1. The summed E-state index contributed by atoms with van der Waals surface area (Å²) in [5.41, 5.74) is 7.61. The van der Waals surface area contributed by atoms with Crippen molar-refractivity contribution in [3.63, 3.8) is 0 Å². The van der Waals surface area contributed by atoms with E-state index in [0.29, 0.717) is 12.0 Å². The van der Waals surface area contributed by atoms with Crippen LogP contribution in [0.1, 0.15) is 46.0 Å². The number of hydrogen-bond acceptors (Lipinski definition) is 2. The molecule has 1 saturated carbocycles. The van der Waals surface area contributed by atoms with Gasteiger partial charge in [0.2, 0.25) is 0 Å². The van der Waals surface area contributed by atoms with Gasteiger partial charge in [0.25, 0.3) is 0 Å². The average Bonchev–Trinajstić information content (AvgIpc) is 2.58. The van der Waals surface area contributed by atoms with E-state index in [0.717, 1.165) is 18.5 Å². The molecule has 20 heavy (non-hydrogen) atoms. The van der Waals surface area contributed by atoms with E-state index in [9.17, 15) is 4.39 Å². The van der Waals surface area contributed by atoms with Gasteiger partial charge >= 0.3 is 0 Å². The Morgan fingerprint density at radius 2 is 1.75 bits per heavy atom. The number of anilines is 1. The summed E-state index contributed by atoms with van der Waals surface area (Å²) >= 11 is 0. The summed E-state index contributed by atoms with van der Waals surface area (Å²) in [5, 5.41) is 0. The number of nitrogens with zero attached hydrogens (tertiary/aromatic N) is 1. The summed E-state index contributed by atoms with van der Waals surface area (Å²) in [7, 11) is 2.10. The fourth-order valence-corrected chi connectivity index (χ4v) is 3.33. The first kappa shape index (κ1) is 15.3. The third-order valence-corrected chi connectivity index (χ3v) is 5.07. The van der Waals surface area contributed by atoms with Gasteiger partial charge in [0.05, 0.1) is 5.54 Å². The van der Waals surface area contributed by atoms with Crippen LogP contribution >= 0.6 is 0 Å². The Bertz CT molecular complexity index is 441. The lowest BCUT2D eigenvalue weighted by atomic mass is 9.83. The van der Waals surface area contributed by atoms with Gasteiger partial charge in [0, 0.05) is 19.3 Å². The largest absolute Gasteiger partial charge is 0.368 e. The van der Waals surface area contributed by atoms with Crippen molar-refractivity contribution in [1.82, 2.24) is 0 Å². The van der Waals surface area contributed by atoms with E-state index >= 15 is 0 Å². The van der Waals surface area contributed by atoms with Gasteiger partial charge in [-0.1, -0.05) is 20.3 Å². The molecule has 1 aromatic carbocycles. The molecule has 1 unspecified atom stereocenters. The van der Waals surface area contributed by atoms with Crippen LogP contribution in [0.4, 0.5) is 10.1 Å².